The van der Waals surface area contributed by atoms with Gasteiger partial charge in [0.05, 0.1) is 0 Å². The van der Waals surface area contributed by atoms with E-state index in [1.807, 2.05) is 146 Å². The van der Waals surface area contributed by atoms with E-state index in [9.17, 15) is 19.2 Å². The Morgan fingerprint density at radius 1 is 0.485 bits per heavy atom. The number of aryl methyl sites for hydroxylation is 4. The molecule has 0 fully saturated rings. The summed E-state index contributed by atoms with van der Waals surface area (Å²) >= 11 is 34.3. The Balaban J connectivity index is 0.000000422. The number of carboxylic acids is 1. The number of hydrogen-bond donors (Lipinski definition) is 2. The van der Waals surface area contributed by atoms with Gasteiger partial charge in [0.25, 0.3) is 0 Å². The third kappa shape index (κ3) is 28.9. The number of alkyl halides is 6. The number of para-hydroxylation sites is 2. The van der Waals surface area contributed by atoms with Crippen LogP contribution in [0.2, 0.25) is 0 Å². The van der Waals surface area contributed by atoms with Gasteiger partial charge in [0, 0.05) is 0 Å². The quantitative estimate of drug-likeness (QED) is 0.0404. The molecule has 352 valence electrons. The van der Waals surface area contributed by atoms with E-state index in [2.05, 4.69) is 0 Å². The first kappa shape index (κ1) is 59.2. The summed E-state index contributed by atoms with van der Waals surface area (Å²) in [6, 6.07) is 56.9. The van der Waals surface area contributed by atoms with E-state index in [0.29, 0.717) is 69.0 Å². The molecule has 7 nitrogen and oxygen atoms in total. The minimum absolute atomic E-state index is 0. The van der Waals surface area contributed by atoms with Gasteiger partial charge < -0.3 is 24.5 Å². The van der Waals surface area contributed by atoms with Gasteiger partial charge in [-0.25, -0.2) is 0 Å². The van der Waals surface area contributed by atoms with E-state index in [1.54, 1.807) is 36.4 Å². The number of carbonyl (C=O) groups excluding carboxylic acids is 3. The molecule has 0 radical (unpaired) electrons. The number of hydrogen-bond acceptors (Lipinski definition) is 6. The molecule has 2 atom stereocenters. The lowest BCUT2D eigenvalue weighted by Gasteiger charge is -2.10. The number of halogens is 6. The van der Waals surface area contributed by atoms with Crippen LogP contribution in [0.3, 0.4) is 0 Å². The van der Waals surface area contributed by atoms with Crippen LogP contribution in [0.15, 0.2) is 182 Å². The van der Waals surface area contributed by atoms with Gasteiger partial charge in [0.2, 0.25) is 0 Å². The zero-order valence-corrected chi connectivity index (χ0v) is 40.0. The van der Waals surface area contributed by atoms with Gasteiger partial charge >= 0.3 is 11.9 Å². The molecule has 66 heavy (non-hydrogen) atoms. The summed E-state index contributed by atoms with van der Waals surface area (Å²) in [5.41, 5.74) is 4.56. The zero-order valence-electron chi connectivity index (χ0n) is 35.5. The number of carbonyl (C=O) groups is 4. The van der Waals surface area contributed by atoms with Gasteiger partial charge in [-0.2, -0.15) is 0 Å². The first-order valence-corrected chi connectivity index (χ1v) is 22.9. The largest absolute Gasteiger partial charge is 0.508 e. The molecule has 0 heterocycles. The first-order valence-electron chi connectivity index (χ1n) is 20.5. The van der Waals surface area contributed by atoms with Crippen molar-refractivity contribution in [2.45, 2.75) is 78.2 Å². The highest BCUT2D eigenvalue weighted by atomic mass is 35.5. The van der Waals surface area contributed by atoms with Crippen molar-refractivity contribution in [3.8, 4) is 11.5 Å². The minimum atomic E-state index is -1.24. The van der Waals surface area contributed by atoms with Crippen molar-refractivity contribution < 1.29 is 34.1 Å². The second-order valence-electron chi connectivity index (χ2n) is 14.1. The molecule has 0 bridgehead atoms. The van der Waals surface area contributed by atoms with Gasteiger partial charge in [0.15, 0.2) is 21.2 Å². The molecule has 0 amide bonds. The molecular weight excluding hydrogens is 961 g/mol. The van der Waals surface area contributed by atoms with Crippen LogP contribution in [-0.4, -0.2) is 54.1 Å². The maximum absolute atomic E-state index is 11.8. The second kappa shape index (κ2) is 34.4. The average Bonchev–Trinajstić information content (AvgIpc) is 3.34. The van der Waals surface area contributed by atoms with E-state index in [0.717, 1.165) is 23.1 Å². The number of rotatable bonds is 17. The van der Waals surface area contributed by atoms with Gasteiger partial charge in [0.1, 0.15) is 22.3 Å². The molecule has 6 rings (SSSR count). The normalized spacial score (nSPS) is 11.2. The van der Waals surface area contributed by atoms with Gasteiger partial charge in [-0.05, 0) is 97.9 Å². The Hall–Kier alpha value is -4.86. The van der Waals surface area contributed by atoms with Crippen molar-refractivity contribution in [1.29, 1.82) is 0 Å². The monoisotopic (exact) mass is 1010 g/mol. The molecule has 0 unspecified atom stereocenters. The highest BCUT2D eigenvalue weighted by Crippen LogP contribution is 2.25. The fourth-order valence-electron chi connectivity index (χ4n) is 5.24. The van der Waals surface area contributed by atoms with Crippen LogP contribution in [0.5, 0.6) is 11.5 Å². The molecule has 0 spiro atoms. The lowest BCUT2D eigenvalue weighted by atomic mass is 10.1. The van der Waals surface area contributed by atoms with Crippen molar-refractivity contribution in [2.75, 3.05) is 0 Å². The third-order valence-corrected chi connectivity index (χ3v) is 10.7. The Labute approximate surface area is 419 Å². The summed E-state index contributed by atoms with van der Waals surface area (Å²) in [6.07, 6.45) is 5.98. The predicted octanol–water partition coefficient (Wildman–Crippen LogP) is 14.2. The molecule has 6 aromatic carbocycles. The SMILES string of the molecule is C.O=C(O)[C@H](Cl)CCc1ccccc1.O=C(Oc1ccccc1)[C@H](Cl)CCc1ccccc1.O=CC(Cl)(Cl)CCc1ccccc1.O=CC(Cl)(Cl)CCc1ccccc1.Oc1ccccc1. The number of aromatic hydroxyl groups is 1. The number of aldehydes is 2. The third-order valence-electron chi connectivity index (χ3n) is 8.82. The molecule has 0 aromatic heterocycles. The fourth-order valence-corrected chi connectivity index (χ4v) is 5.88. The van der Waals surface area contributed by atoms with E-state index in [1.165, 1.54) is 5.56 Å². The molecule has 13 heteroatoms. The first-order chi connectivity index (χ1) is 31.1. The molecule has 0 aliphatic rings. The summed E-state index contributed by atoms with van der Waals surface area (Å²) in [6.45, 7) is 0. The average molecular weight is 1020 g/mol. The Kier molecular flexibility index (Phi) is 30.9. The molecule has 0 aliphatic heterocycles. The Morgan fingerprint density at radius 2 is 0.773 bits per heavy atom. The van der Waals surface area contributed by atoms with E-state index >= 15 is 0 Å². The van der Waals surface area contributed by atoms with Gasteiger partial charge in [-0.15, -0.1) is 23.2 Å². The summed E-state index contributed by atoms with van der Waals surface area (Å²) in [5.74, 6) is -0.498. The standard InChI is InChI=1S/C16H15ClO2.2C10H10Cl2O.C10H11ClO2.C6H6O.CH4/c17-15(12-11-13-7-3-1-4-8-13)16(18)19-14-9-5-2-6-10-14;2*11-10(12,8-13)7-6-9-4-2-1-3-5-9;11-9(10(12)13)7-6-8-4-2-1-3-5-8;7-6-4-2-1-3-5-6;/h1-10,15H,11-12H2;2*1-5,8H,6-7H2;1-5,9H,6-7H2,(H,12,13);1-5,7H;1H4/t15-;;;9-;;/m1..1../s1. The molecule has 0 saturated heterocycles. The number of aliphatic carboxylic acids is 1. The van der Waals surface area contributed by atoms with Crippen molar-refractivity contribution >= 4 is 94.1 Å². The van der Waals surface area contributed by atoms with Gasteiger partial charge in [-0.1, -0.05) is 212 Å². The molecular formula is C53H56Cl6O7. The summed E-state index contributed by atoms with van der Waals surface area (Å²) in [7, 11) is 0. The van der Waals surface area contributed by atoms with Gasteiger partial charge in [-0.3, -0.25) is 9.59 Å². The van der Waals surface area contributed by atoms with Crippen molar-refractivity contribution in [3.05, 3.63) is 204 Å². The number of ether oxygens (including phenoxy) is 1. The number of benzene rings is 6. The second-order valence-corrected chi connectivity index (χ2v) is 18.3. The van der Waals surface area contributed by atoms with Crippen LogP contribution in [0.4, 0.5) is 0 Å². The molecule has 2 N–H and O–H groups in total. The molecule has 0 aliphatic carbocycles. The van der Waals surface area contributed by atoms with E-state index in [4.69, 9.17) is 84.6 Å². The summed E-state index contributed by atoms with van der Waals surface area (Å²) in [5, 5.41) is 15.8. The minimum Gasteiger partial charge on any atom is -0.508 e. The topological polar surface area (TPSA) is 118 Å². The lowest BCUT2D eigenvalue weighted by Crippen LogP contribution is -2.21. The summed E-state index contributed by atoms with van der Waals surface area (Å²) in [4.78, 5) is 42.9. The maximum atomic E-state index is 11.8. The van der Waals surface area contributed by atoms with Crippen LogP contribution in [0, 0.1) is 0 Å². The number of phenols is 1. The zero-order chi connectivity index (χ0) is 47.8. The van der Waals surface area contributed by atoms with Crippen LogP contribution in [0.25, 0.3) is 0 Å². The van der Waals surface area contributed by atoms with Crippen LogP contribution in [0.1, 0.15) is 55.4 Å². The smallest absolute Gasteiger partial charge is 0.329 e. The Bertz CT molecular complexity index is 2110. The van der Waals surface area contributed by atoms with E-state index in [-0.39, 0.29) is 7.43 Å². The highest BCUT2D eigenvalue weighted by molar-refractivity contribution is 6.56. The predicted molar refractivity (Wildman–Crippen MR) is 274 cm³/mol. The van der Waals surface area contributed by atoms with Crippen LogP contribution >= 0.6 is 69.6 Å². The van der Waals surface area contributed by atoms with Crippen LogP contribution < -0.4 is 4.74 Å². The number of phenolic OH excluding ortho intramolecular Hbond substituents is 1. The number of esters is 1. The lowest BCUT2D eigenvalue weighted by molar-refractivity contribution is -0.137. The Morgan fingerprint density at radius 3 is 1.06 bits per heavy atom. The molecule has 0 saturated carbocycles. The van der Waals surface area contributed by atoms with Crippen LogP contribution in [-0.2, 0) is 44.9 Å². The van der Waals surface area contributed by atoms with Crippen molar-refractivity contribution in [1.82, 2.24) is 0 Å². The summed E-state index contributed by atoms with van der Waals surface area (Å²) < 4.78 is 2.71. The maximum Gasteiger partial charge on any atom is 0.329 e. The fraction of sp³-hybridized carbons (Fsp3) is 0.245. The molecule has 6 aromatic rings. The van der Waals surface area contributed by atoms with Crippen molar-refractivity contribution in [3.63, 3.8) is 0 Å². The van der Waals surface area contributed by atoms with Crippen molar-refractivity contribution in [2.24, 2.45) is 0 Å². The number of carboxylic acid groups (broad SMARTS) is 1. The van der Waals surface area contributed by atoms with E-state index < -0.39 is 31.4 Å². The highest BCUT2D eigenvalue weighted by Gasteiger charge is 2.23.